The molecule has 0 radical (unpaired) electrons. The Morgan fingerprint density at radius 1 is 1.56 bits per heavy atom. The first-order valence-electron chi connectivity index (χ1n) is 5.79. The molecule has 1 fully saturated rings. The lowest BCUT2D eigenvalue weighted by Crippen LogP contribution is -2.24. The predicted molar refractivity (Wildman–Crippen MR) is 73.6 cm³/mol. The van der Waals surface area contributed by atoms with Crippen LogP contribution in [0.15, 0.2) is 24.3 Å². The molecule has 1 aliphatic rings. The van der Waals surface area contributed by atoms with Gasteiger partial charge in [-0.05, 0) is 48.6 Å². The molecule has 1 aliphatic heterocycles. The SMILES string of the molecule is CNCC(c1cccc(Cl)c1)C1CCSC1. The maximum Gasteiger partial charge on any atom is 0.0408 e. The summed E-state index contributed by atoms with van der Waals surface area (Å²) in [5.74, 6) is 4.01. The van der Waals surface area contributed by atoms with Gasteiger partial charge in [0.15, 0.2) is 0 Å². The van der Waals surface area contributed by atoms with Gasteiger partial charge in [0.2, 0.25) is 0 Å². The Bertz CT molecular complexity index is 336. The lowest BCUT2D eigenvalue weighted by Gasteiger charge is -2.23. The zero-order chi connectivity index (χ0) is 11.4. The van der Waals surface area contributed by atoms with E-state index in [1.807, 2.05) is 13.1 Å². The predicted octanol–water partition coefficient (Wildman–Crippen LogP) is 3.40. The number of thioether (sulfide) groups is 1. The molecule has 3 heteroatoms. The summed E-state index contributed by atoms with van der Waals surface area (Å²) < 4.78 is 0. The molecule has 0 amide bonds. The summed E-state index contributed by atoms with van der Waals surface area (Å²) in [7, 11) is 2.03. The number of hydrogen-bond donors (Lipinski definition) is 1. The van der Waals surface area contributed by atoms with Crippen LogP contribution in [0.3, 0.4) is 0 Å². The fraction of sp³-hybridized carbons (Fsp3) is 0.538. The highest BCUT2D eigenvalue weighted by Crippen LogP contribution is 2.36. The average Bonchev–Trinajstić information content (AvgIpc) is 2.79. The fourth-order valence-electron chi connectivity index (χ4n) is 2.38. The summed E-state index contributed by atoms with van der Waals surface area (Å²) in [6.45, 7) is 1.05. The molecule has 1 saturated heterocycles. The zero-order valence-corrected chi connectivity index (χ0v) is 11.2. The van der Waals surface area contributed by atoms with Crippen LogP contribution in [0.4, 0.5) is 0 Å². The monoisotopic (exact) mass is 255 g/mol. The maximum absolute atomic E-state index is 6.07. The number of benzene rings is 1. The molecular formula is C13H18ClNS. The minimum atomic E-state index is 0.610. The largest absolute Gasteiger partial charge is 0.319 e. The van der Waals surface area contributed by atoms with Crippen LogP contribution in [-0.2, 0) is 0 Å². The average molecular weight is 256 g/mol. The second-order valence-corrected chi connectivity index (χ2v) is 5.93. The van der Waals surface area contributed by atoms with Crippen LogP contribution < -0.4 is 5.32 Å². The topological polar surface area (TPSA) is 12.0 Å². The molecule has 1 aromatic rings. The normalized spacial score (nSPS) is 22.2. The Hall–Kier alpha value is -0.180. The van der Waals surface area contributed by atoms with Crippen LogP contribution in [0.5, 0.6) is 0 Å². The van der Waals surface area contributed by atoms with Gasteiger partial charge in [-0.15, -0.1) is 0 Å². The van der Waals surface area contributed by atoms with Gasteiger partial charge >= 0.3 is 0 Å². The van der Waals surface area contributed by atoms with Gasteiger partial charge in [-0.25, -0.2) is 0 Å². The Labute approximate surface area is 107 Å². The zero-order valence-electron chi connectivity index (χ0n) is 9.58. The van der Waals surface area contributed by atoms with Gasteiger partial charge in [0, 0.05) is 17.5 Å². The van der Waals surface area contributed by atoms with Crippen LogP contribution in [0, 0.1) is 5.92 Å². The molecule has 0 aromatic heterocycles. The third kappa shape index (κ3) is 2.93. The van der Waals surface area contributed by atoms with E-state index in [2.05, 4.69) is 35.3 Å². The molecule has 2 atom stereocenters. The highest BCUT2D eigenvalue weighted by Gasteiger charge is 2.26. The number of hydrogen-bond acceptors (Lipinski definition) is 2. The van der Waals surface area contributed by atoms with E-state index in [4.69, 9.17) is 11.6 Å². The molecule has 0 aliphatic carbocycles. The lowest BCUT2D eigenvalue weighted by molar-refractivity contribution is 0.453. The number of rotatable bonds is 4. The lowest BCUT2D eigenvalue weighted by atomic mass is 9.85. The third-order valence-electron chi connectivity index (χ3n) is 3.23. The van der Waals surface area contributed by atoms with Crippen LogP contribution in [0.2, 0.25) is 5.02 Å². The van der Waals surface area contributed by atoms with Gasteiger partial charge in [-0.1, -0.05) is 23.7 Å². The van der Waals surface area contributed by atoms with E-state index >= 15 is 0 Å². The minimum absolute atomic E-state index is 0.610. The summed E-state index contributed by atoms with van der Waals surface area (Å²) in [5.41, 5.74) is 1.38. The van der Waals surface area contributed by atoms with E-state index in [9.17, 15) is 0 Å². The first-order valence-corrected chi connectivity index (χ1v) is 7.32. The third-order valence-corrected chi connectivity index (χ3v) is 4.66. The van der Waals surface area contributed by atoms with Crippen LogP contribution in [-0.4, -0.2) is 25.1 Å². The molecule has 88 valence electrons. The van der Waals surface area contributed by atoms with Gasteiger partial charge in [-0.3, -0.25) is 0 Å². The van der Waals surface area contributed by atoms with Crippen LogP contribution in [0.1, 0.15) is 17.9 Å². The summed E-state index contributed by atoms with van der Waals surface area (Å²) in [6, 6.07) is 8.33. The molecule has 1 aromatic carbocycles. The van der Waals surface area contributed by atoms with Gasteiger partial charge in [0.25, 0.3) is 0 Å². The Morgan fingerprint density at radius 2 is 2.44 bits per heavy atom. The number of halogens is 1. The standard InChI is InChI=1S/C13H18ClNS/c1-15-8-13(11-5-6-16-9-11)10-3-2-4-12(14)7-10/h2-4,7,11,13,15H,5-6,8-9H2,1H3. The second kappa shape index (κ2) is 5.95. The Morgan fingerprint density at radius 3 is 3.06 bits per heavy atom. The second-order valence-electron chi connectivity index (χ2n) is 4.34. The van der Waals surface area contributed by atoms with Gasteiger partial charge in [-0.2, -0.15) is 11.8 Å². The molecule has 0 saturated carbocycles. The molecule has 16 heavy (non-hydrogen) atoms. The smallest absolute Gasteiger partial charge is 0.0408 e. The summed E-state index contributed by atoms with van der Waals surface area (Å²) in [4.78, 5) is 0. The van der Waals surface area contributed by atoms with Crippen molar-refractivity contribution in [2.45, 2.75) is 12.3 Å². The van der Waals surface area contributed by atoms with Crippen LogP contribution >= 0.6 is 23.4 Å². The molecule has 0 bridgehead atoms. The number of likely N-dealkylation sites (N-methyl/N-ethyl adjacent to an activating group) is 1. The minimum Gasteiger partial charge on any atom is -0.319 e. The van der Waals surface area contributed by atoms with Gasteiger partial charge < -0.3 is 5.32 Å². The molecule has 1 nitrogen and oxygen atoms in total. The first-order chi connectivity index (χ1) is 7.81. The van der Waals surface area contributed by atoms with Gasteiger partial charge in [0.1, 0.15) is 0 Å². The van der Waals surface area contributed by atoms with Crippen molar-refractivity contribution in [1.29, 1.82) is 0 Å². The Kier molecular flexibility index (Phi) is 4.56. The van der Waals surface area contributed by atoms with Crippen molar-refractivity contribution in [2.75, 3.05) is 25.1 Å². The molecule has 1 N–H and O–H groups in total. The number of nitrogens with one attached hydrogen (secondary N) is 1. The van der Waals surface area contributed by atoms with E-state index < -0.39 is 0 Å². The van der Waals surface area contributed by atoms with Gasteiger partial charge in [0.05, 0.1) is 0 Å². The molecule has 2 rings (SSSR count). The van der Waals surface area contributed by atoms with Crippen molar-refractivity contribution < 1.29 is 0 Å². The highest BCUT2D eigenvalue weighted by molar-refractivity contribution is 7.99. The molecule has 2 unspecified atom stereocenters. The van der Waals surface area contributed by atoms with Crippen molar-refractivity contribution in [3.8, 4) is 0 Å². The Balaban J connectivity index is 2.17. The first kappa shape index (κ1) is 12.3. The van der Waals surface area contributed by atoms with Crippen LogP contribution in [0.25, 0.3) is 0 Å². The fourth-order valence-corrected chi connectivity index (χ4v) is 3.92. The van der Waals surface area contributed by atoms with E-state index in [-0.39, 0.29) is 0 Å². The van der Waals surface area contributed by atoms with Crippen molar-refractivity contribution >= 4 is 23.4 Å². The summed E-state index contributed by atoms with van der Waals surface area (Å²) in [6.07, 6.45) is 1.34. The summed E-state index contributed by atoms with van der Waals surface area (Å²) in [5, 5.41) is 4.16. The van der Waals surface area contributed by atoms with E-state index in [0.29, 0.717) is 5.92 Å². The highest BCUT2D eigenvalue weighted by atomic mass is 35.5. The van der Waals surface area contributed by atoms with E-state index in [1.54, 1.807) is 0 Å². The molecule has 0 spiro atoms. The molecular weight excluding hydrogens is 238 g/mol. The van der Waals surface area contributed by atoms with Crippen molar-refractivity contribution in [1.82, 2.24) is 5.32 Å². The quantitative estimate of drug-likeness (QED) is 0.885. The van der Waals surface area contributed by atoms with E-state index in [1.165, 1.54) is 23.5 Å². The van der Waals surface area contributed by atoms with E-state index in [0.717, 1.165) is 17.5 Å². The van der Waals surface area contributed by atoms with Crippen molar-refractivity contribution in [2.24, 2.45) is 5.92 Å². The van der Waals surface area contributed by atoms with Crippen molar-refractivity contribution in [3.63, 3.8) is 0 Å². The summed E-state index contributed by atoms with van der Waals surface area (Å²) >= 11 is 8.14. The van der Waals surface area contributed by atoms with Crippen molar-refractivity contribution in [3.05, 3.63) is 34.9 Å². The maximum atomic E-state index is 6.07. The molecule has 1 heterocycles.